The summed E-state index contributed by atoms with van der Waals surface area (Å²) in [7, 11) is 0. The SMILES string of the molecule is CCC(N)C(Oc1cccc(CO)c1)c1ccc(C)cc1. The lowest BCUT2D eigenvalue weighted by atomic mass is 9.99. The van der Waals surface area contributed by atoms with Crippen molar-refractivity contribution in [3.63, 3.8) is 0 Å². The number of benzene rings is 2. The van der Waals surface area contributed by atoms with Gasteiger partial charge in [0.2, 0.25) is 0 Å². The number of aliphatic hydroxyl groups is 1. The Morgan fingerprint density at radius 1 is 1.14 bits per heavy atom. The van der Waals surface area contributed by atoms with Crippen molar-refractivity contribution in [2.45, 2.75) is 39.0 Å². The largest absolute Gasteiger partial charge is 0.484 e. The Labute approximate surface area is 126 Å². The molecule has 0 bridgehead atoms. The zero-order chi connectivity index (χ0) is 15.2. The molecule has 0 aliphatic rings. The lowest BCUT2D eigenvalue weighted by molar-refractivity contribution is 0.170. The van der Waals surface area contributed by atoms with E-state index < -0.39 is 0 Å². The van der Waals surface area contributed by atoms with Crippen molar-refractivity contribution in [2.75, 3.05) is 0 Å². The van der Waals surface area contributed by atoms with E-state index in [9.17, 15) is 5.11 Å². The van der Waals surface area contributed by atoms with Crippen LogP contribution < -0.4 is 10.5 Å². The second kappa shape index (κ2) is 7.25. The predicted molar refractivity (Wildman–Crippen MR) is 85.2 cm³/mol. The Morgan fingerprint density at radius 2 is 1.86 bits per heavy atom. The van der Waals surface area contributed by atoms with E-state index in [2.05, 4.69) is 38.1 Å². The monoisotopic (exact) mass is 285 g/mol. The van der Waals surface area contributed by atoms with Crippen LogP contribution in [0.25, 0.3) is 0 Å². The summed E-state index contributed by atoms with van der Waals surface area (Å²) in [5.74, 6) is 0.732. The van der Waals surface area contributed by atoms with Crippen LogP contribution in [0.4, 0.5) is 0 Å². The molecule has 2 aromatic carbocycles. The zero-order valence-electron chi connectivity index (χ0n) is 12.6. The molecule has 2 rings (SSSR count). The maximum absolute atomic E-state index is 9.22. The fraction of sp³-hybridized carbons (Fsp3) is 0.333. The zero-order valence-corrected chi connectivity index (χ0v) is 12.6. The molecule has 0 amide bonds. The average molecular weight is 285 g/mol. The molecule has 0 fully saturated rings. The topological polar surface area (TPSA) is 55.5 Å². The smallest absolute Gasteiger partial charge is 0.139 e. The molecular formula is C18H23NO2. The Hall–Kier alpha value is -1.84. The van der Waals surface area contributed by atoms with Crippen LogP contribution in [0.3, 0.4) is 0 Å². The van der Waals surface area contributed by atoms with Gasteiger partial charge < -0.3 is 15.6 Å². The second-order valence-electron chi connectivity index (χ2n) is 5.33. The van der Waals surface area contributed by atoms with Gasteiger partial charge in [-0.05, 0) is 36.6 Å². The number of nitrogens with two attached hydrogens (primary N) is 1. The highest BCUT2D eigenvalue weighted by atomic mass is 16.5. The molecule has 2 atom stereocenters. The highest BCUT2D eigenvalue weighted by Gasteiger charge is 2.20. The maximum atomic E-state index is 9.22. The fourth-order valence-electron chi connectivity index (χ4n) is 2.24. The summed E-state index contributed by atoms with van der Waals surface area (Å²) in [4.78, 5) is 0. The van der Waals surface area contributed by atoms with Crippen LogP contribution in [0.15, 0.2) is 48.5 Å². The molecule has 0 saturated heterocycles. The first-order chi connectivity index (χ1) is 10.1. The van der Waals surface area contributed by atoms with E-state index in [4.69, 9.17) is 10.5 Å². The van der Waals surface area contributed by atoms with Crippen molar-refractivity contribution < 1.29 is 9.84 Å². The Balaban J connectivity index is 2.25. The quantitative estimate of drug-likeness (QED) is 0.856. The molecule has 0 aromatic heterocycles. The fourth-order valence-corrected chi connectivity index (χ4v) is 2.24. The van der Waals surface area contributed by atoms with Gasteiger partial charge in [0.25, 0.3) is 0 Å². The summed E-state index contributed by atoms with van der Waals surface area (Å²) < 4.78 is 6.10. The van der Waals surface area contributed by atoms with Gasteiger partial charge in [0.1, 0.15) is 11.9 Å². The minimum atomic E-state index is -0.190. The molecule has 0 spiro atoms. The lowest BCUT2D eigenvalue weighted by Crippen LogP contribution is -2.31. The van der Waals surface area contributed by atoms with Crippen LogP contribution in [-0.2, 0) is 6.61 Å². The number of hydrogen-bond donors (Lipinski definition) is 2. The van der Waals surface area contributed by atoms with Crippen molar-refractivity contribution in [2.24, 2.45) is 5.73 Å². The second-order valence-corrected chi connectivity index (χ2v) is 5.33. The molecule has 0 radical (unpaired) electrons. The molecule has 0 heterocycles. The molecule has 0 aliphatic heterocycles. The van der Waals surface area contributed by atoms with Gasteiger partial charge in [-0.1, -0.05) is 48.9 Å². The molecule has 0 aliphatic carbocycles. The van der Waals surface area contributed by atoms with Gasteiger partial charge in [-0.25, -0.2) is 0 Å². The summed E-state index contributed by atoms with van der Waals surface area (Å²) in [6, 6.07) is 15.7. The molecule has 2 aromatic rings. The van der Waals surface area contributed by atoms with Crippen LogP contribution in [0.2, 0.25) is 0 Å². The molecule has 3 heteroatoms. The van der Waals surface area contributed by atoms with Crippen molar-refractivity contribution >= 4 is 0 Å². The average Bonchev–Trinajstić information content (AvgIpc) is 2.53. The van der Waals surface area contributed by atoms with Crippen molar-refractivity contribution in [1.82, 2.24) is 0 Å². The van der Waals surface area contributed by atoms with E-state index >= 15 is 0 Å². The summed E-state index contributed by atoms with van der Waals surface area (Å²) in [5, 5.41) is 9.22. The molecule has 21 heavy (non-hydrogen) atoms. The van der Waals surface area contributed by atoms with E-state index in [1.165, 1.54) is 5.56 Å². The van der Waals surface area contributed by atoms with Crippen LogP contribution in [0.1, 0.15) is 36.1 Å². The number of rotatable bonds is 6. The van der Waals surface area contributed by atoms with E-state index in [0.717, 1.165) is 23.3 Å². The number of aryl methyl sites for hydroxylation is 1. The first kappa shape index (κ1) is 15.5. The van der Waals surface area contributed by atoms with E-state index in [0.29, 0.717) is 0 Å². The third-order valence-electron chi connectivity index (χ3n) is 3.61. The Kier molecular flexibility index (Phi) is 5.37. The Morgan fingerprint density at radius 3 is 2.48 bits per heavy atom. The molecule has 3 nitrogen and oxygen atoms in total. The molecule has 112 valence electrons. The molecular weight excluding hydrogens is 262 g/mol. The van der Waals surface area contributed by atoms with Crippen LogP contribution >= 0.6 is 0 Å². The predicted octanol–water partition coefficient (Wildman–Crippen LogP) is 3.34. The third-order valence-corrected chi connectivity index (χ3v) is 3.61. The lowest BCUT2D eigenvalue weighted by Gasteiger charge is -2.25. The van der Waals surface area contributed by atoms with Gasteiger partial charge in [0, 0.05) is 6.04 Å². The summed E-state index contributed by atoms with van der Waals surface area (Å²) in [6.45, 7) is 4.12. The van der Waals surface area contributed by atoms with E-state index in [1.54, 1.807) is 0 Å². The van der Waals surface area contributed by atoms with Crippen LogP contribution in [0.5, 0.6) is 5.75 Å². The first-order valence-electron chi connectivity index (χ1n) is 7.32. The molecule has 2 unspecified atom stereocenters. The number of hydrogen-bond acceptors (Lipinski definition) is 3. The van der Waals surface area contributed by atoms with Gasteiger partial charge in [0.15, 0.2) is 0 Å². The van der Waals surface area contributed by atoms with Gasteiger partial charge in [-0.2, -0.15) is 0 Å². The van der Waals surface area contributed by atoms with Crippen LogP contribution in [0, 0.1) is 6.92 Å². The Bertz CT molecular complexity index is 566. The van der Waals surface area contributed by atoms with Gasteiger partial charge in [-0.3, -0.25) is 0 Å². The van der Waals surface area contributed by atoms with Gasteiger partial charge >= 0.3 is 0 Å². The number of aliphatic hydroxyl groups excluding tert-OH is 1. The summed E-state index contributed by atoms with van der Waals surface area (Å²) in [5.41, 5.74) is 9.35. The summed E-state index contributed by atoms with van der Waals surface area (Å²) in [6.07, 6.45) is 0.641. The standard InChI is InChI=1S/C18H23NO2/c1-3-17(19)18(15-9-7-13(2)8-10-15)21-16-6-4-5-14(11-16)12-20/h4-11,17-18,20H,3,12,19H2,1-2H3. The minimum absolute atomic E-state index is 0.00618. The van der Waals surface area contributed by atoms with Crippen LogP contribution in [-0.4, -0.2) is 11.1 Å². The molecule has 0 saturated carbocycles. The molecule has 3 N–H and O–H groups in total. The van der Waals surface area contributed by atoms with Crippen molar-refractivity contribution in [3.8, 4) is 5.75 Å². The number of ether oxygens (including phenoxy) is 1. The van der Waals surface area contributed by atoms with Crippen molar-refractivity contribution in [3.05, 3.63) is 65.2 Å². The minimum Gasteiger partial charge on any atom is -0.484 e. The van der Waals surface area contributed by atoms with Crippen molar-refractivity contribution in [1.29, 1.82) is 0 Å². The van der Waals surface area contributed by atoms with E-state index in [-0.39, 0.29) is 18.8 Å². The van der Waals surface area contributed by atoms with E-state index in [1.807, 2.05) is 24.3 Å². The third kappa shape index (κ3) is 4.06. The highest BCUT2D eigenvalue weighted by Crippen LogP contribution is 2.26. The van der Waals surface area contributed by atoms with Gasteiger partial charge in [0.05, 0.1) is 6.61 Å². The highest BCUT2D eigenvalue weighted by molar-refractivity contribution is 5.30. The normalized spacial score (nSPS) is 13.7. The maximum Gasteiger partial charge on any atom is 0.139 e. The van der Waals surface area contributed by atoms with Gasteiger partial charge in [-0.15, -0.1) is 0 Å². The first-order valence-corrected chi connectivity index (χ1v) is 7.32. The summed E-state index contributed by atoms with van der Waals surface area (Å²) >= 11 is 0.